The molecule has 4 aromatic rings. The molecule has 0 aliphatic carbocycles. The van der Waals surface area contributed by atoms with Crippen molar-refractivity contribution in [3.8, 4) is 11.1 Å². The summed E-state index contributed by atoms with van der Waals surface area (Å²) in [5.41, 5.74) is 3.16. The number of aromatic carboxylic acids is 1. The van der Waals surface area contributed by atoms with E-state index < -0.39 is 5.97 Å². The minimum absolute atomic E-state index is 0.262. The van der Waals surface area contributed by atoms with Crippen molar-refractivity contribution in [3.63, 3.8) is 0 Å². The lowest BCUT2D eigenvalue weighted by Gasteiger charge is -2.04. The predicted octanol–water partition coefficient (Wildman–Crippen LogP) is 4.84. The van der Waals surface area contributed by atoms with Gasteiger partial charge in [-0.15, -0.1) is 0 Å². The second-order valence-electron chi connectivity index (χ2n) is 5.90. The fraction of sp³-hybridized carbons (Fsp3) is 0.0500. The van der Waals surface area contributed by atoms with Crippen molar-refractivity contribution >= 4 is 27.6 Å². The number of hydrogen-bond donors (Lipinski definition) is 1. The van der Waals surface area contributed by atoms with Crippen LogP contribution in [0.2, 0.25) is 0 Å². The average Bonchev–Trinajstić information content (AvgIpc) is 2.90. The molecule has 0 saturated heterocycles. The highest BCUT2D eigenvalue weighted by Gasteiger charge is 2.11. The summed E-state index contributed by atoms with van der Waals surface area (Å²) in [5.74, 6) is -1.20. The maximum absolute atomic E-state index is 13.6. The third kappa shape index (κ3) is 2.24. The van der Waals surface area contributed by atoms with E-state index in [1.54, 1.807) is 30.3 Å². The standard InChI is InChI=1S/C20H14FNO2/c1-22-11-18(17-10-16(21)6-7-19(17)22)14-4-2-13-9-15(20(23)24)5-3-12(13)8-14/h2-11H,1H3,(H,23,24). The molecule has 0 aliphatic rings. The molecule has 0 amide bonds. The summed E-state index contributed by atoms with van der Waals surface area (Å²) in [4.78, 5) is 11.1. The van der Waals surface area contributed by atoms with Crippen LogP contribution < -0.4 is 0 Å². The van der Waals surface area contributed by atoms with Crippen LogP contribution in [0.3, 0.4) is 0 Å². The lowest BCUT2D eigenvalue weighted by molar-refractivity contribution is 0.0697. The Balaban J connectivity index is 1.92. The molecule has 3 aromatic carbocycles. The van der Waals surface area contributed by atoms with E-state index in [1.165, 1.54) is 6.07 Å². The first-order valence-corrected chi connectivity index (χ1v) is 7.55. The Kier molecular flexibility index (Phi) is 3.13. The van der Waals surface area contributed by atoms with Gasteiger partial charge in [-0.05, 0) is 52.7 Å². The first-order valence-electron chi connectivity index (χ1n) is 7.55. The molecule has 1 N–H and O–H groups in total. The van der Waals surface area contributed by atoms with Crippen LogP contribution in [0, 0.1) is 5.82 Å². The molecule has 0 unspecified atom stereocenters. The van der Waals surface area contributed by atoms with Gasteiger partial charge in [0.25, 0.3) is 0 Å². The molecule has 1 heterocycles. The molecule has 4 rings (SSSR count). The fourth-order valence-electron chi connectivity index (χ4n) is 3.14. The van der Waals surface area contributed by atoms with Crippen molar-refractivity contribution in [2.45, 2.75) is 0 Å². The maximum atomic E-state index is 13.6. The number of fused-ring (bicyclic) bond motifs is 2. The highest BCUT2D eigenvalue weighted by Crippen LogP contribution is 2.32. The highest BCUT2D eigenvalue weighted by molar-refractivity contribution is 6.00. The van der Waals surface area contributed by atoms with Crippen LogP contribution in [-0.2, 0) is 7.05 Å². The second-order valence-corrected chi connectivity index (χ2v) is 5.90. The fourth-order valence-corrected chi connectivity index (χ4v) is 3.14. The van der Waals surface area contributed by atoms with Crippen LogP contribution in [0.5, 0.6) is 0 Å². The summed E-state index contributed by atoms with van der Waals surface area (Å²) in [6.45, 7) is 0. The van der Waals surface area contributed by atoms with Gasteiger partial charge < -0.3 is 9.67 Å². The van der Waals surface area contributed by atoms with Crippen LogP contribution in [0.15, 0.2) is 60.8 Å². The number of aromatic nitrogens is 1. The van der Waals surface area contributed by atoms with Crippen LogP contribution in [-0.4, -0.2) is 15.6 Å². The lowest BCUT2D eigenvalue weighted by atomic mass is 9.99. The zero-order chi connectivity index (χ0) is 16.8. The minimum atomic E-state index is -0.939. The maximum Gasteiger partial charge on any atom is 0.335 e. The summed E-state index contributed by atoms with van der Waals surface area (Å²) in [7, 11) is 1.93. The normalized spacial score (nSPS) is 11.2. The molecule has 118 valence electrons. The van der Waals surface area contributed by atoms with Gasteiger partial charge in [-0.25, -0.2) is 9.18 Å². The van der Waals surface area contributed by atoms with E-state index in [0.717, 1.165) is 32.8 Å². The topological polar surface area (TPSA) is 42.2 Å². The largest absolute Gasteiger partial charge is 0.478 e. The average molecular weight is 319 g/mol. The highest BCUT2D eigenvalue weighted by atomic mass is 19.1. The molecule has 0 bridgehead atoms. The van der Waals surface area contributed by atoms with E-state index in [4.69, 9.17) is 5.11 Å². The van der Waals surface area contributed by atoms with Crippen molar-refractivity contribution in [1.82, 2.24) is 4.57 Å². The molecule has 0 atom stereocenters. The van der Waals surface area contributed by atoms with E-state index in [1.807, 2.05) is 36.0 Å². The molecule has 24 heavy (non-hydrogen) atoms. The van der Waals surface area contributed by atoms with E-state index in [9.17, 15) is 9.18 Å². The molecule has 0 spiro atoms. The van der Waals surface area contributed by atoms with E-state index in [2.05, 4.69) is 0 Å². The first-order chi connectivity index (χ1) is 11.5. The van der Waals surface area contributed by atoms with Gasteiger partial charge in [-0.1, -0.05) is 18.2 Å². The third-order valence-corrected chi connectivity index (χ3v) is 4.35. The Hall–Kier alpha value is -3.14. The molecule has 3 nitrogen and oxygen atoms in total. The van der Waals surface area contributed by atoms with Crippen molar-refractivity contribution in [1.29, 1.82) is 0 Å². The van der Waals surface area contributed by atoms with Crippen LogP contribution in [0.1, 0.15) is 10.4 Å². The molecule has 1 aromatic heterocycles. The van der Waals surface area contributed by atoms with Gasteiger partial charge in [-0.2, -0.15) is 0 Å². The summed E-state index contributed by atoms with van der Waals surface area (Å²) >= 11 is 0. The third-order valence-electron chi connectivity index (χ3n) is 4.35. The number of nitrogens with zero attached hydrogens (tertiary/aromatic N) is 1. The summed E-state index contributed by atoms with van der Waals surface area (Å²) < 4.78 is 15.6. The Morgan fingerprint density at radius 2 is 1.75 bits per heavy atom. The van der Waals surface area contributed by atoms with E-state index in [0.29, 0.717) is 0 Å². The van der Waals surface area contributed by atoms with Gasteiger partial charge in [0.2, 0.25) is 0 Å². The number of carbonyl (C=O) groups is 1. The van der Waals surface area contributed by atoms with Gasteiger partial charge in [0.15, 0.2) is 0 Å². The van der Waals surface area contributed by atoms with E-state index >= 15 is 0 Å². The molecule has 0 fully saturated rings. The molecule has 0 saturated carbocycles. The Morgan fingerprint density at radius 3 is 2.54 bits per heavy atom. The molecule has 4 heteroatoms. The van der Waals surface area contributed by atoms with Crippen LogP contribution in [0.4, 0.5) is 4.39 Å². The Bertz CT molecular complexity index is 1110. The van der Waals surface area contributed by atoms with E-state index in [-0.39, 0.29) is 11.4 Å². The summed E-state index contributed by atoms with van der Waals surface area (Å²) in [6, 6.07) is 15.7. The number of hydrogen-bond acceptors (Lipinski definition) is 1. The molecular formula is C20H14FNO2. The predicted molar refractivity (Wildman–Crippen MR) is 92.8 cm³/mol. The number of carboxylic acids is 1. The minimum Gasteiger partial charge on any atom is -0.478 e. The van der Waals surface area contributed by atoms with Gasteiger partial charge in [0.05, 0.1) is 5.56 Å². The number of rotatable bonds is 2. The molecule has 0 aliphatic heterocycles. The van der Waals surface area contributed by atoms with Gasteiger partial charge in [-0.3, -0.25) is 0 Å². The van der Waals surface area contributed by atoms with Crippen LogP contribution in [0.25, 0.3) is 32.8 Å². The zero-order valence-electron chi connectivity index (χ0n) is 13.0. The van der Waals surface area contributed by atoms with Crippen molar-refractivity contribution in [2.75, 3.05) is 0 Å². The zero-order valence-corrected chi connectivity index (χ0v) is 13.0. The SMILES string of the molecule is Cn1cc(-c2ccc3cc(C(=O)O)ccc3c2)c2cc(F)ccc21. The Morgan fingerprint density at radius 1 is 1.00 bits per heavy atom. The van der Waals surface area contributed by atoms with Gasteiger partial charge in [0.1, 0.15) is 5.82 Å². The molecule has 0 radical (unpaired) electrons. The Labute approximate surface area is 137 Å². The van der Waals surface area contributed by atoms with Gasteiger partial charge >= 0.3 is 5.97 Å². The number of aryl methyl sites for hydroxylation is 1. The second kappa shape index (κ2) is 5.20. The quantitative estimate of drug-likeness (QED) is 0.574. The van der Waals surface area contributed by atoms with Gasteiger partial charge in [0, 0.05) is 29.7 Å². The number of halogens is 1. The summed E-state index contributed by atoms with van der Waals surface area (Å²) in [6.07, 6.45) is 1.98. The smallest absolute Gasteiger partial charge is 0.335 e. The van der Waals surface area contributed by atoms with Crippen molar-refractivity contribution in [2.24, 2.45) is 7.05 Å². The monoisotopic (exact) mass is 319 g/mol. The van der Waals surface area contributed by atoms with Crippen molar-refractivity contribution < 1.29 is 14.3 Å². The first kappa shape index (κ1) is 14.5. The number of benzene rings is 3. The van der Waals surface area contributed by atoms with Crippen molar-refractivity contribution in [3.05, 3.63) is 72.2 Å². The lowest BCUT2D eigenvalue weighted by Crippen LogP contribution is -1.95. The number of carboxylic acid groups (broad SMARTS) is 1. The van der Waals surface area contributed by atoms with Crippen LogP contribution >= 0.6 is 0 Å². The molecular weight excluding hydrogens is 305 g/mol. The summed E-state index contributed by atoms with van der Waals surface area (Å²) in [5, 5.41) is 11.8.